The van der Waals surface area contributed by atoms with Crippen molar-refractivity contribution in [1.29, 1.82) is 0 Å². The molecular formula is C24H26N2O2. The molecule has 5 rings (SSSR count). The Labute approximate surface area is 165 Å². The Morgan fingerprint density at radius 3 is 1.79 bits per heavy atom. The van der Waals surface area contributed by atoms with E-state index in [1.165, 1.54) is 12.8 Å². The first kappa shape index (κ1) is 17.5. The molecule has 28 heavy (non-hydrogen) atoms. The summed E-state index contributed by atoms with van der Waals surface area (Å²) in [5.41, 5.74) is 7.46. The van der Waals surface area contributed by atoms with E-state index in [2.05, 4.69) is 35.1 Å². The number of hydrazine groups is 1. The Balaban J connectivity index is 1.28. The van der Waals surface area contributed by atoms with Crippen molar-refractivity contribution in [2.45, 2.75) is 37.5 Å². The minimum absolute atomic E-state index is 0.00378. The van der Waals surface area contributed by atoms with Crippen LogP contribution in [0, 0.1) is 23.7 Å². The quantitative estimate of drug-likeness (QED) is 0.804. The van der Waals surface area contributed by atoms with Gasteiger partial charge in [-0.2, -0.15) is 0 Å². The second-order valence-electron chi connectivity index (χ2n) is 8.58. The van der Waals surface area contributed by atoms with Crippen LogP contribution in [0.25, 0.3) is 0 Å². The van der Waals surface area contributed by atoms with Crippen molar-refractivity contribution < 1.29 is 9.59 Å². The Morgan fingerprint density at radius 2 is 1.25 bits per heavy atom. The highest BCUT2D eigenvalue weighted by atomic mass is 16.2. The number of carbonyl (C=O) groups excluding carboxylic acids is 2. The first-order chi connectivity index (χ1) is 13.7. The molecule has 0 saturated heterocycles. The van der Waals surface area contributed by atoms with E-state index in [1.54, 1.807) is 0 Å². The second-order valence-corrected chi connectivity index (χ2v) is 8.58. The van der Waals surface area contributed by atoms with E-state index in [1.807, 2.05) is 36.4 Å². The van der Waals surface area contributed by atoms with Gasteiger partial charge in [0.25, 0.3) is 0 Å². The van der Waals surface area contributed by atoms with Crippen LogP contribution in [0.5, 0.6) is 0 Å². The minimum Gasteiger partial charge on any atom is -0.273 e. The normalized spacial score (nSPS) is 29.3. The first-order valence-corrected chi connectivity index (χ1v) is 10.4. The van der Waals surface area contributed by atoms with Crippen LogP contribution in [0.2, 0.25) is 0 Å². The lowest BCUT2D eigenvalue weighted by Crippen LogP contribution is -2.44. The van der Waals surface area contributed by atoms with Crippen molar-refractivity contribution in [3.8, 4) is 0 Å². The molecule has 144 valence electrons. The second kappa shape index (κ2) is 6.77. The molecule has 0 bridgehead atoms. The van der Waals surface area contributed by atoms with Crippen molar-refractivity contribution in [2.75, 3.05) is 0 Å². The third-order valence-corrected chi connectivity index (χ3v) is 7.12. The third kappa shape index (κ3) is 2.83. The largest absolute Gasteiger partial charge is 0.273 e. The standard InChI is InChI=1S/C24H26N2O2/c27-22(25-26-23(28)21-18-13-7-8-14-19(18)21)20-15-24(20,16-9-3-1-4-10-16)17-11-5-2-6-12-17/h1-6,9-12,18-21H,7-8,13-15H2,(H,25,27)(H,26,28)/t18-,19+,20-,21?/m1/s1. The highest BCUT2D eigenvalue weighted by Gasteiger charge is 2.60. The minimum atomic E-state index is -0.301. The van der Waals surface area contributed by atoms with Gasteiger partial charge in [-0.3, -0.25) is 20.4 Å². The van der Waals surface area contributed by atoms with E-state index in [9.17, 15) is 9.59 Å². The van der Waals surface area contributed by atoms with E-state index in [0.29, 0.717) is 11.8 Å². The molecular weight excluding hydrogens is 348 g/mol. The number of carbonyl (C=O) groups is 2. The van der Waals surface area contributed by atoms with Gasteiger partial charge in [0, 0.05) is 11.3 Å². The molecule has 0 spiro atoms. The van der Waals surface area contributed by atoms with E-state index in [4.69, 9.17) is 0 Å². The van der Waals surface area contributed by atoms with Crippen molar-refractivity contribution in [2.24, 2.45) is 23.7 Å². The Bertz CT molecular complexity index is 828. The van der Waals surface area contributed by atoms with Gasteiger partial charge in [0.15, 0.2) is 0 Å². The maximum atomic E-state index is 12.9. The van der Waals surface area contributed by atoms with Gasteiger partial charge in [-0.15, -0.1) is 0 Å². The summed E-state index contributed by atoms with van der Waals surface area (Å²) in [5.74, 6) is 0.924. The van der Waals surface area contributed by atoms with E-state index in [0.717, 1.165) is 30.4 Å². The topological polar surface area (TPSA) is 58.2 Å². The van der Waals surface area contributed by atoms with E-state index in [-0.39, 0.29) is 29.1 Å². The molecule has 1 unspecified atom stereocenters. The van der Waals surface area contributed by atoms with Gasteiger partial charge in [0.2, 0.25) is 11.8 Å². The molecule has 2 aromatic carbocycles. The van der Waals surface area contributed by atoms with Gasteiger partial charge < -0.3 is 0 Å². The van der Waals surface area contributed by atoms with Crippen LogP contribution in [0.15, 0.2) is 60.7 Å². The fourth-order valence-corrected chi connectivity index (χ4v) is 5.53. The predicted molar refractivity (Wildman–Crippen MR) is 107 cm³/mol. The predicted octanol–water partition coefficient (Wildman–Crippen LogP) is 3.58. The average molecular weight is 374 g/mol. The molecule has 2 amide bonds. The first-order valence-electron chi connectivity index (χ1n) is 10.4. The average Bonchev–Trinajstić information content (AvgIpc) is 3.66. The summed E-state index contributed by atoms with van der Waals surface area (Å²) < 4.78 is 0. The molecule has 3 fully saturated rings. The molecule has 3 aliphatic carbocycles. The number of rotatable bonds is 4. The SMILES string of the molecule is O=C(NNC(=O)[C@H]1CC1(c1ccccc1)c1ccccc1)C1[C@H]2CCCC[C@@H]12. The number of hydrogen-bond donors (Lipinski definition) is 2. The van der Waals surface area contributed by atoms with Crippen LogP contribution in [0.4, 0.5) is 0 Å². The van der Waals surface area contributed by atoms with Gasteiger partial charge in [-0.05, 0) is 42.2 Å². The fraction of sp³-hybridized carbons (Fsp3) is 0.417. The van der Waals surface area contributed by atoms with Crippen LogP contribution in [0.1, 0.15) is 43.2 Å². The molecule has 0 radical (unpaired) electrons. The summed E-state index contributed by atoms with van der Waals surface area (Å²) in [5, 5.41) is 0. The van der Waals surface area contributed by atoms with E-state index < -0.39 is 0 Å². The zero-order valence-corrected chi connectivity index (χ0v) is 15.9. The van der Waals surface area contributed by atoms with Crippen LogP contribution in [-0.2, 0) is 15.0 Å². The molecule has 0 aliphatic heterocycles. The van der Waals surface area contributed by atoms with Crippen molar-refractivity contribution >= 4 is 11.8 Å². The number of nitrogens with one attached hydrogen (secondary N) is 2. The molecule has 2 aromatic rings. The highest BCUT2D eigenvalue weighted by Crippen LogP contribution is 2.59. The molecule has 0 heterocycles. The fourth-order valence-electron chi connectivity index (χ4n) is 5.53. The number of fused-ring (bicyclic) bond motifs is 1. The molecule has 4 nitrogen and oxygen atoms in total. The summed E-state index contributed by atoms with van der Waals surface area (Å²) >= 11 is 0. The summed E-state index contributed by atoms with van der Waals surface area (Å²) in [6.07, 6.45) is 5.54. The summed E-state index contributed by atoms with van der Waals surface area (Å²) in [6.45, 7) is 0. The van der Waals surface area contributed by atoms with Gasteiger partial charge in [0.05, 0.1) is 5.92 Å². The van der Waals surface area contributed by atoms with E-state index >= 15 is 0 Å². The number of hydrogen-bond acceptors (Lipinski definition) is 2. The Morgan fingerprint density at radius 1 is 0.750 bits per heavy atom. The molecule has 2 N–H and O–H groups in total. The molecule has 3 aliphatic rings. The van der Waals surface area contributed by atoms with Gasteiger partial charge in [-0.25, -0.2) is 0 Å². The van der Waals surface area contributed by atoms with Crippen LogP contribution in [0.3, 0.4) is 0 Å². The van der Waals surface area contributed by atoms with Gasteiger partial charge in [0.1, 0.15) is 0 Å². The van der Waals surface area contributed by atoms with Crippen molar-refractivity contribution in [3.63, 3.8) is 0 Å². The monoisotopic (exact) mass is 374 g/mol. The van der Waals surface area contributed by atoms with Crippen LogP contribution in [-0.4, -0.2) is 11.8 Å². The van der Waals surface area contributed by atoms with Gasteiger partial charge in [-0.1, -0.05) is 73.5 Å². The van der Waals surface area contributed by atoms with Crippen molar-refractivity contribution in [3.05, 3.63) is 71.8 Å². The number of amides is 2. The van der Waals surface area contributed by atoms with Crippen molar-refractivity contribution in [1.82, 2.24) is 10.9 Å². The zero-order chi connectivity index (χ0) is 19.1. The lowest BCUT2D eigenvalue weighted by atomic mass is 9.85. The lowest BCUT2D eigenvalue weighted by Gasteiger charge is -2.19. The maximum Gasteiger partial charge on any atom is 0.242 e. The third-order valence-electron chi connectivity index (χ3n) is 7.12. The van der Waals surface area contributed by atoms with Crippen LogP contribution >= 0.6 is 0 Å². The number of benzene rings is 2. The van der Waals surface area contributed by atoms with Gasteiger partial charge >= 0.3 is 0 Å². The maximum absolute atomic E-state index is 12.9. The molecule has 0 aromatic heterocycles. The summed E-state index contributed by atoms with van der Waals surface area (Å²) in [6, 6.07) is 20.4. The summed E-state index contributed by atoms with van der Waals surface area (Å²) in [4.78, 5) is 25.4. The molecule has 4 atom stereocenters. The van der Waals surface area contributed by atoms with Crippen LogP contribution < -0.4 is 10.9 Å². The molecule has 4 heteroatoms. The smallest absolute Gasteiger partial charge is 0.242 e. The highest BCUT2D eigenvalue weighted by molar-refractivity contribution is 5.89. The lowest BCUT2D eigenvalue weighted by molar-refractivity contribution is -0.130. The molecule has 3 saturated carbocycles. The zero-order valence-electron chi connectivity index (χ0n) is 15.9. The summed E-state index contributed by atoms with van der Waals surface area (Å²) in [7, 11) is 0. The Hall–Kier alpha value is -2.62. The Kier molecular flexibility index (Phi) is 4.22.